The van der Waals surface area contributed by atoms with Crippen LogP contribution >= 0.6 is 11.8 Å². The summed E-state index contributed by atoms with van der Waals surface area (Å²) in [6, 6.07) is 3.27. The molecule has 0 spiro atoms. The van der Waals surface area contributed by atoms with Gasteiger partial charge in [0.15, 0.2) is 17.4 Å². The van der Waals surface area contributed by atoms with Crippen molar-refractivity contribution in [2.24, 2.45) is 5.92 Å². The van der Waals surface area contributed by atoms with Gasteiger partial charge in [-0.15, -0.1) is 0 Å². The van der Waals surface area contributed by atoms with E-state index in [-0.39, 0.29) is 11.3 Å². The molecule has 0 aromatic heterocycles. The molecule has 1 aromatic carbocycles. The molecule has 0 saturated heterocycles. The van der Waals surface area contributed by atoms with Crippen molar-refractivity contribution in [3.8, 4) is 0 Å². The molecule has 1 rings (SSSR count). The van der Waals surface area contributed by atoms with Crippen LogP contribution in [0.25, 0.3) is 0 Å². The first kappa shape index (κ1) is 14.2. The molecule has 94 valence electrons. The van der Waals surface area contributed by atoms with Crippen LogP contribution in [0.4, 0.5) is 8.78 Å². The predicted molar refractivity (Wildman–Crippen MR) is 67.5 cm³/mol. The summed E-state index contributed by atoms with van der Waals surface area (Å²) in [6.07, 6.45) is 1.08. The third kappa shape index (κ3) is 4.46. The van der Waals surface area contributed by atoms with Crippen molar-refractivity contribution in [2.75, 3.05) is 11.5 Å². The molecular weight excluding hydrogens is 242 g/mol. The lowest BCUT2D eigenvalue weighted by Gasteiger charge is -2.07. The number of hydrogen-bond acceptors (Lipinski definition) is 2. The highest BCUT2D eigenvalue weighted by atomic mass is 32.2. The van der Waals surface area contributed by atoms with Gasteiger partial charge in [-0.1, -0.05) is 20.3 Å². The highest BCUT2D eigenvalue weighted by molar-refractivity contribution is 7.99. The smallest absolute Gasteiger partial charge is 0.172 e. The molecular formula is C13H16F2OS. The number of Topliss-reactive ketones (excluding diaryl/α,β-unsaturated/α-hetero) is 1. The molecule has 1 atom stereocenters. The maximum atomic E-state index is 12.9. The number of rotatable bonds is 6. The zero-order chi connectivity index (χ0) is 12.8. The first-order valence-corrected chi connectivity index (χ1v) is 6.76. The largest absolute Gasteiger partial charge is 0.293 e. The summed E-state index contributed by atoms with van der Waals surface area (Å²) in [5.74, 6) is -0.257. The predicted octanol–water partition coefficient (Wildman–Crippen LogP) is 3.93. The molecule has 0 aliphatic heterocycles. The van der Waals surface area contributed by atoms with E-state index in [1.54, 1.807) is 0 Å². The van der Waals surface area contributed by atoms with E-state index >= 15 is 0 Å². The van der Waals surface area contributed by atoms with Crippen molar-refractivity contribution in [1.82, 2.24) is 0 Å². The number of ketones is 1. The van der Waals surface area contributed by atoms with Crippen LogP contribution in [-0.2, 0) is 0 Å². The van der Waals surface area contributed by atoms with E-state index in [0.717, 1.165) is 24.3 Å². The Hall–Kier alpha value is -0.900. The van der Waals surface area contributed by atoms with Gasteiger partial charge in [-0.2, -0.15) is 11.8 Å². The second kappa shape index (κ2) is 6.74. The van der Waals surface area contributed by atoms with Gasteiger partial charge >= 0.3 is 0 Å². The molecule has 0 aliphatic rings. The number of hydrogen-bond donors (Lipinski definition) is 0. The molecule has 0 amide bonds. The van der Waals surface area contributed by atoms with Gasteiger partial charge in [0.05, 0.1) is 5.75 Å². The Morgan fingerprint density at radius 2 is 2.06 bits per heavy atom. The van der Waals surface area contributed by atoms with Gasteiger partial charge in [0.2, 0.25) is 0 Å². The highest BCUT2D eigenvalue weighted by Crippen LogP contribution is 2.15. The standard InChI is InChI=1S/C13H16F2OS/c1-3-9(2)7-17-8-13(16)10-4-5-11(14)12(15)6-10/h4-6,9H,3,7-8H2,1-2H3. The molecule has 17 heavy (non-hydrogen) atoms. The maximum absolute atomic E-state index is 12.9. The Morgan fingerprint density at radius 3 is 2.65 bits per heavy atom. The number of thioether (sulfide) groups is 1. The van der Waals surface area contributed by atoms with Crippen LogP contribution in [0, 0.1) is 17.6 Å². The summed E-state index contributed by atoms with van der Waals surface area (Å²) >= 11 is 1.53. The monoisotopic (exact) mass is 258 g/mol. The van der Waals surface area contributed by atoms with Crippen LogP contribution in [0.1, 0.15) is 30.6 Å². The van der Waals surface area contributed by atoms with Crippen molar-refractivity contribution in [1.29, 1.82) is 0 Å². The Labute approximate surface area is 105 Å². The summed E-state index contributed by atoms with van der Waals surface area (Å²) in [6.45, 7) is 4.22. The SMILES string of the molecule is CCC(C)CSCC(=O)c1ccc(F)c(F)c1. The van der Waals surface area contributed by atoms with Gasteiger partial charge in [0.1, 0.15) is 0 Å². The van der Waals surface area contributed by atoms with E-state index < -0.39 is 11.6 Å². The fourth-order valence-corrected chi connectivity index (χ4v) is 2.33. The number of halogens is 2. The molecule has 0 aliphatic carbocycles. The van der Waals surface area contributed by atoms with Gasteiger partial charge in [0.25, 0.3) is 0 Å². The van der Waals surface area contributed by atoms with Gasteiger partial charge < -0.3 is 0 Å². The molecule has 0 saturated carbocycles. The van der Waals surface area contributed by atoms with Crippen molar-refractivity contribution in [3.63, 3.8) is 0 Å². The Kier molecular flexibility index (Phi) is 5.62. The van der Waals surface area contributed by atoms with Crippen molar-refractivity contribution in [2.45, 2.75) is 20.3 Å². The minimum Gasteiger partial charge on any atom is -0.293 e. The molecule has 0 bridgehead atoms. The lowest BCUT2D eigenvalue weighted by atomic mass is 10.1. The lowest BCUT2D eigenvalue weighted by molar-refractivity contribution is 0.102. The third-order valence-corrected chi connectivity index (χ3v) is 3.85. The van der Waals surface area contributed by atoms with Crippen LogP contribution < -0.4 is 0 Å². The Bertz CT molecular complexity index is 393. The van der Waals surface area contributed by atoms with Crippen molar-refractivity contribution < 1.29 is 13.6 Å². The second-order valence-electron chi connectivity index (χ2n) is 4.08. The normalized spacial score (nSPS) is 12.5. The number of benzene rings is 1. The van der Waals surface area contributed by atoms with E-state index in [9.17, 15) is 13.6 Å². The Balaban J connectivity index is 2.50. The number of carbonyl (C=O) groups excluding carboxylic acids is 1. The second-order valence-corrected chi connectivity index (χ2v) is 5.11. The maximum Gasteiger partial charge on any atom is 0.172 e. The fourth-order valence-electron chi connectivity index (χ4n) is 1.22. The van der Waals surface area contributed by atoms with Crippen molar-refractivity contribution in [3.05, 3.63) is 35.4 Å². The van der Waals surface area contributed by atoms with Crippen LogP contribution in [0.15, 0.2) is 18.2 Å². The van der Waals surface area contributed by atoms with E-state index in [0.29, 0.717) is 11.7 Å². The van der Waals surface area contributed by atoms with Gasteiger partial charge in [-0.25, -0.2) is 8.78 Å². The summed E-state index contributed by atoms with van der Waals surface area (Å²) in [5.41, 5.74) is 0.237. The van der Waals surface area contributed by atoms with E-state index in [4.69, 9.17) is 0 Å². The van der Waals surface area contributed by atoms with Crippen LogP contribution in [0.5, 0.6) is 0 Å². The van der Waals surface area contributed by atoms with Crippen LogP contribution in [-0.4, -0.2) is 17.3 Å². The molecule has 0 radical (unpaired) electrons. The third-order valence-electron chi connectivity index (χ3n) is 2.57. The first-order valence-electron chi connectivity index (χ1n) is 5.60. The highest BCUT2D eigenvalue weighted by Gasteiger charge is 2.10. The average molecular weight is 258 g/mol. The van der Waals surface area contributed by atoms with Gasteiger partial charge in [-0.05, 0) is 29.9 Å². The molecule has 1 nitrogen and oxygen atoms in total. The van der Waals surface area contributed by atoms with Gasteiger partial charge in [-0.3, -0.25) is 4.79 Å². The summed E-state index contributed by atoms with van der Waals surface area (Å²) < 4.78 is 25.6. The number of carbonyl (C=O) groups is 1. The molecule has 1 unspecified atom stereocenters. The van der Waals surface area contributed by atoms with E-state index in [2.05, 4.69) is 13.8 Å². The quantitative estimate of drug-likeness (QED) is 0.719. The minimum absolute atomic E-state index is 0.155. The zero-order valence-electron chi connectivity index (χ0n) is 10.0. The van der Waals surface area contributed by atoms with Crippen LogP contribution in [0.2, 0.25) is 0 Å². The molecule has 0 fully saturated rings. The molecule has 4 heteroatoms. The van der Waals surface area contributed by atoms with Gasteiger partial charge in [0, 0.05) is 5.56 Å². The van der Waals surface area contributed by atoms with E-state index in [1.807, 2.05) is 0 Å². The van der Waals surface area contributed by atoms with Crippen molar-refractivity contribution >= 4 is 17.5 Å². The fraction of sp³-hybridized carbons (Fsp3) is 0.462. The first-order chi connectivity index (χ1) is 8.04. The molecule has 0 heterocycles. The topological polar surface area (TPSA) is 17.1 Å². The van der Waals surface area contributed by atoms with E-state index in [1.165, 1.54) is 17.8 Å². The molecule has 0 N–H and O–H groups in total. The Morgan fingerprint density at radius 1 is 1.35 bits per heavy atom. The zero-order valence-corrected chi connectivity index (χ0v) is 10.8. The average Bonchev–Trinajstić information content (AvgIpc) is 2.32. The summed E-state index contributed by atoms with van der Waals surface area (Å²) in [7, 11) is 0. The summed E-state index contributed by atoms with van der Waals surface area (Å²) in [4.78, 5) is 11.7. The molecule has 1 aromatic rings. The lowest BCUT2D eigenvalue weighted by Crippen LogP contribution is -2.06. The summed E-state index contributed by atoms with van der Waals surface area (Å²) in [5, 5.41) is 0. The minimum atomic E-state index is -0.970. The van der Waals surface area contributed by atoms with Crippen LogP contribution in [0.3, 0.4) is 0 Å².